The number of amides is 2. The van der Waals surface area contributed by atoms with Gasteiger partial charge in [-0.3, -0.25) is 4.79 Å². The second kappa shape index (κ2) is 5.96. The molecule has 1 fully saturated rings. The number of benzene rings is 1. The van der Waals surface area contributed by atoms with E-state index in [1.165, 1.54) is 17.0 Å². The molecule has 3 rings (SSSR count). The summed E-state index contributed by atoms with van der Waals surface area (Å²) in [6.45, 7) is 6.09. The van der Waals surface area contributed by atoms with Crippen molar-refractivity contribution in [2.45, 2.75) is 45.3 Å². The average Bonchev–Trinajstić information content (AvgIpc) is 2.41. The van der Waals surface area contributed by atoms with Gasteiger partial charge in [-0.1, -0.05) is 0 Å². The van der Waals surface area contributed by atoms with Crippen molar-refractivity contribution >= 4 is 17.7 Å². The molecule has 6 nitrogen and oxygen atoms in total. The van der Waals surface area contributed by atoms with Crippen LogP contribution in [0, 0.1) is 5.82 Å². The molecule has 0 radical (unpaired) electrons. The second-order valence-electron chi connectivity index (χ2n) is 7.11. The third-order valence-corrected chi connectivity index (χ3v) is 3.85. The van der Waals surface area contributed by atoms with Gasteiger partial charge in [0.1, 0.15) is 11.7 Å². The van der Waals surface area contributed by atoms with E-state index in [0.717, 1.165) is 5.56 Å². The lowest BCUT2D eigenvalue weighted by atomic mass is 10.0. The molecule has 1 N–H and O–H groups in total. The Hall–Kier alpha value is -2.31. The molecule has 1 aromatic rings. The highest BCUT2D eigenvalue weighted by Crippen LogP contribution is 2.31. The molecule has 0 atom stereocenters. The van der Waals surface area contributed by atoms with E-state index in [-0.39, 0.29) is 17.8 Å². The van der Waals surface area contributed by atoms with Crippen LogP contribution in [-0.2, 0) is 16.0 Å². The average molecular weight is 336 g/mol. The Balaban J connectivity index is 1.59. The molecule has 2 aliphatic heterocycles. The van der Waals surface area contributed by atoms with Crippen molar-refractivity contribution < 1.29 is 23.5 Å². The van der Waals surface area contributed by atoms with E-state index in [4.69, 9.17) is 9.47 Å². The maximum absolute atomic E-state index is 14.1. The Morgan fingerprint density at radius 2 is 2.00 bits per heavy atom. The highest BCUT2D eigenvalue weighted by Gasteiger charge is 2.35. The van der Waals surface area contributed by atoms with Gasteiger partial charge in [-0.05, 0) is 38.8 Å². The number of carbonyl (C=O) groups is 2. The van der Waals surface area contributed by atoms with Gasteiger partial charge in [0.25, 0.3) is 0 Å². The van der Waals surface area contributed by atoms with Crippen LogP contribution in [0.3, 0.4) is 0 Å². The maximum atomic E-state index is 14.1. The van der Waals surface area contributed by atoms with Gasteiger partial charge in [-0.25, -0.2) is 9.18 Å². The van der Waals surface area contributed by atoms with Crippen molar-refractivity contribution in [1.29, 1.82) is 0 Å². The number of fused-ring (bicyclic) bond motifs is 1. The molecule has 0 spiro atoms. The first-order valence-electron chi connectivity index (χ1n) is 7.98. The number of hydrogen-bond donors (Lipinski definition) is 1. The van der Waals surface area contributed by atoms with Crippen LogP contribution in [-0.4, -0.2) is 41.7 Å². The summed E-state index contributed by atoms with van der Waals surface area (Å²) in [5.41, 5.74) is 0.806. The Morgan fingerprint density at radius 3 is 2.67 bits per heavy atom. The molecule has 0 saturated carbocycles. The monoisotopic (exact) mass is 336 g/mol. The molecular formula is C17H21FN2O4. The van der Waals surface area contributed by atoms with E-state index >= 15 is 0 Å². The van der Waals surface area contributed by atoms with Crippen molar-refractivity contribution in [3.8, 4) is 5.75 Å². The summed E-state index contributed by atoms with van der Waals surface area (Å²) in [4.78, 5) is 24.8. The summed E-state index contributed by atoms with van der Waals surface area (Å²) in [6.07, 6.45) is 0.193. The molecule has 0 aliphatic carbocycles. The minimum Gasteiger partial charge on any atom is -0.484 e. The normalized spacial score (nSPS) is 17.7. The minimum atomic E-state index is -0.550. The number of nitrogens with one attached hydrogen (secondary N) is 1. The van der Waals surface area contributed by atoms with E-state index in [9.17, 15) is 14.0 Å². The van der Waals surface area contributed by atoms with E-state index in [1.54, 1.807) is 20.8 Å². The van der Waals surface area contributed by atoms with Crippen LogP contribution in [0.25, 0.3) is 0 Å². The molecule has 1 aromatic carbocycles. The van der Waals surface area contributed by atoms with Gasteiger partial charge >= 0.3 is 6.09 Å². The van der Waals surface area contributed by atoms with Crippen LogP contribution < -0.4 is 10.1 Å². The van der Waals surface area contributed by atoms with Crippen LogP contribution in [0.1, 0.15) is 32.8 Å². The number of likely N-dealkylation sites (tertiary alicyclic amines) is 1. The number of rotatable bonds is 2. The number of anilines is 1. The van der Waals surface area contributed by atoms with Crippen LogP contribution in [0.5, 0.6) is 5.75 Å². The van der Waals surface area contributed by atoms with E-state index in [1.807, 2.05) is 0 Å². The molecule has 24 heavy (non-hydrogen) atoms. The third-order valence-electron chi connectivity index (χ3n) is 3.85. The Morgan fingerprint density at radius 1 is 1.29 bits per heavy atom. The lowest BCUT2D eigenvalue weighted by molar-refractivity contribution is -0.116. The molecule has 2 heterocycles. The third kappa shape index (κ3) is 3.60. The zero-order valence-electron chi connectivity index (χ0n) is 14.0. The van der Waals surface area contributed by atoms with E-state index in [2.05, 4.69) is 5.32 Å². The molecule has 2 aliphatic rings. The zero-order chi connectivity index (χ0) is 17.5. The van der Waals surface area contributed by atoms with Crippen LogP contribution in [0.15, 0.2) is 12.1 Å². The van der Waals surface area contributed by atoms with Gasteiger partial charge < -0.3 is 19.7 Å². The number of ether oxygens (including phenoxy) is 2. The number of nitrogens with zero attached hydrogens (tertiary/aromatic N) is 1. The van der Waals surface area contributed by atoms with E-state index in [0.29, 0.717) is 31.6 Å². The first kappa shape index (κ1) is 16.5. The van der Waals surface area contributed by atoms with Gasteiger partial charge in [0.15, 0.2) is 11.6 Å². The molecule has 0 bridgehead atoms. The maximum Gasteiger partial charge on any atom is 0.410 e. The SMILES string of the molecule is CC(C)(C)OC(=O)N1CC(Oc2cc3c(cc2F)CCC(=O)N3)C1. The fourth-order valence-corrected chi connectivity index (χ4v) is 2.64. The fraction of sp³-hybridized carbons (Fsp3) is 0.529. The molecule has 7 heteroatoms. The molecule has 130 valence electrons. The summed E-state index contributed by atoms with van der Waals surface area (Å²) in [7, 11) is 0. The molecule has 2 amide bonds. The van der Waals surface area contributed by atoms with Gasteiger partial charge in [0.05, 0.1) is 13.1 Å². The van der Waals surface area contributed by atoms with Crippen LogP contribution >= 0.6 is 0 Å². The lowest BCUT2D eigenvalue weighted by Crippen LogP contribution is -2.57. The van der Waals surface area contributed by atoms with Gasteiger partial charge in [-0.15, -0.1) is 0 Å². The van der Waals surface area contributed by atoms with Crippen molar-refractivity contribution in [3.05, 3.63) is 23.5 Å². The quantitative estimate of drug-likeness (QED) is 0.902. The van der Waals surface area contributed by atoms with Crippen LogP contribution in [0.4, 0.5) is 14.9 Å². The van der Waals surface area contributed by atoms with Gasteiger partial charge in [0, 0.05) is 18.2 Å². The van der Waals surface area contributed by atoms with Crippen LogP contribution in [0.2, 0.25) is 0 Å². The largest absolute Gasteiger partial charge is 0.484 e. The van der Waals surface area contributed by atoms with Gasteiger partial charge in [-0.2, -0.15) is 0 Å². The summed E-state index contributed by atoms with van der Waals surface area (Å²) >= 11 is 0. The number of hydrogen-bond acceptors (Lipinski definition) is 4. The first-order chi connectivity index (χ1) is 11.2. The first-order valence-corrected chi connectivity index (χ1v) is 7.98. The Kier molecular flexibility index (Phi) is 4.11. The summed E-state index contributed by atoms with van der Waals surface area (Å²) in [5.74, 6) is -0.454. The predicted molar refractivity (Wildman–Crippen MR) is 85.6 cm³/mol. The van der Waals surface area contributed by atoms with Crippen molar-refractivity contribution in [3.63, 3.8) is 0 Å². The molecule has 0 aromatic heterocycles. The topological polar surface area (TPSA) is 67.9 Å². The molecular weight excluding hydrogens is 315 g/mol. The number of halogens is 1. The summed E-state index contributed by atoms with van der Waals surface area (Å²) in [6, 6.07) is 2.91. The Labute approximate surface area is 139 Å². The minimum absolute atomic E-state index is 0.0835. The Bertz CT molecular complexity index is 678. The molecule has 1 saturated heterocycles. The number of aryl methyl sites for hydroxylation is 1. The smallest absolute Gasteiger partial charge is 0.410 e. The summed E-state index contributed by atoms with van der Waals surface area (Å²) < 4.78 is 25.0. The zero-order valence-corrected chi connectivity index (χ0v) is 14.0. The highest BCUT2D eigenvalue weighted by molar-refractivity contribution is 5.94. The lowest BCUT2D eigenvalue weighted by Gasteiger charge is -2.39. The predicted octanol–water partition coefficient (Wildman–Crippen LogP) is 2.71. The highest BCUT2D eigenvalue weighted by atomic mass is 19.1. The van der Waals surface area contributed by atoms with Crippen molar-refractivity contribution in [1.82, 2.24) is 4.90 Å². The second-order valence-corrected chi connectivity index (χ2v) is 7.11. The van der Waals surface area contributed by atoms with Crippen molar-refractivity contribution in [2.75, 3.05) is 18.4 Å². The fourth-order valence-electron chi connectivity index (χ4n) is 2.64. The van der Waals surface area contributed by atoms with Crippen molar-refractivity contribution in [2.24, 2.45) is 0 Å². The molecule has 0 unspecified atom stereocenters. The standard InChI is InChI=1S/C17H21FN2O4/c1-17(2,3)24-16(22)20-8-11(9-20)23-14-7-13-10(6-12(14)18)4-5-15(21)19-13/h6-7,11H,4-5,8-9H2,1-3H3,(H,19,21). The van der Waals surface area contributed by atoms with Gasteiger partial charge in [0.2, 0.25) is 5.91 Å². The number of carbonyl (C=O) groups excluding carboxylic acids is 2. The summed E-state index contributed by atoms with van der Waals surface area (Å²) in [5, 5.41) is 2.72. The van der Waals surface area contributed by atoms with E-state index < -0.39 is 17.5 Å².